The number of nitrogens with zero attached hydrogens (tertiary/aromatic N) is 1. The molecular weight excluding hydrogens is 200 g/mol. The van der Waals surface area contributed by atoms with Gasteiger partial charge in [0.25, 0.3) is 0 Å². The van der Waals surface area contributed by atoms with Crippen molar-refractivity contribution < 1.29 is 4.79 Å². The first kappa shape index (κ1) is 9.21. The lowest BCUT2D eigenvalue weighted by molar-refractivity contribution is -0.116. The Morgan fingerprint density at radius 2 is 2.19 bits per heavy atom. The molecule has 0 fully saturated rings. The van der Waals surface area contributed by atoms with Crippen LogP contribution in [0.5, 0.6) is 0 Å². The highest BCUT2D eigenvalue weighted by Crippen LogP contribution is 2.42. The number of fused-ring (bicyclic) bond motifs is 3. The number of nitrogens with two attached hydrogens (primary N) is 1. The first-order valence-electron chi connectivity index (χ1n) is 5.30. The van der Waals surface area contributed by atoms with Crippen molar-refractivity contribution in [2.24, 2.45) is 5.73 Å². The summed E-state index contributed by atoms with van der Waals surface area (Å²) in [6.45, 7) is 0.267. The lowest BCUT2D eigenvalue weighted by Crippen LogP contribution is -2.37. The molecule has 0 spiro atoms. The van der Waals surface area contributed by atoms with Crippen LogP contribution in [0.2, 0.25) is 0 Å². The number of hydrogen-bond acceptors (Lipinski definition) is 2. The van der Waals surface area contributed by atoms with E-state index in [1.807, 2.05) is 29.2 Å². The summed E-state index contributed by atoms with van der Waals surface area (Å²) < 4.78 is 0. The van der Waals surface area contributed by atoms with E-state index in [0.717, 1.165) is 5.69 Å². The molecule has 3 nitrogen and oxygen atoms in total. The molecule has 1 atom stereocenters. The fraction of sp³-hybridized carbons (Fsp3) is 0.154. The highest BCUT2D eigenvalue weighted by Gasteiger charge is 2.33. The van der Waals surface area contributed by atoms with Crippen molar-refractivity contribution >= 4 is 17.2 Å². The van der Waals surface area contributed by atoms with E-state index >= 15 is 0 Å². The van der Waals surface area contributed by atoms with Gasteiger partial charge in [0.05, 0.1) is 12.6 Å². The van der Waals surface area contributed by atoms with Gasteiger partial charge in [-0.15, -0.1) is 0 Å². The van der Waals surface area contributed by atoms with Crippen LogP contribution >= 0.6 is 0 Å². The Balaban J connectivity index is 2.09. The molecule has 1 aromatic rings. The van der Waals surface area contributed by atoms with E-state index in [-0.39, 0.29) is 18.5 Å². The van der Waals surface area contributed by atoms with Gasteiger partial charge in [0.2, 0.25) is 5.91 Å². The Bertz CT molecular complexity index is 516. The second kappa shape index (κ2) is 3.23. The van der Waals surface area contributed by atoms with E-state index in [2.05, 4.69) is 18.2 Å². The van der Waals surface area contributed by atoms with Crippen LogP contribution in [0.1, 0.15) is 5.56 Å². The van der Waals surface area contributed by atoms with Crippen LogP contribution in [-0.2, 0) is 4.79 Å². The Morgan fingerprint density at radius 3 is 3.00 bits per heavy atom. The molecule has 2 N–H and O–H groups in total. The number of carbonyl (C=O) groups excluding carboxylic acids is 1. The predicted molar refractivity (Wildman–Crippen MR) is 63.9 cm³/mol. The summed E-state index contributed by atoms with van der Waals surface area (Å²) in [4.78, 5) is 13.1. The SMILES string of the molecule is NC(=O)CN1c2ccccc2C2=CC=CC21. The normalized spacial score (nSPS) is 20.6. The number of hydrogen-bond donors (Lipinski definition) is 1. The molecule has 1 aromatic carbocycles. The van der Waals surface area contributed by atoms with Crippen molar-refractivity contribution in [2.75, 3.05) is 11.4 Å². The number of carbonyl (C=O) groups is 1. The maximum Gasteiger partial charge on any atom is 0.236 e. The molecule has 80 valence electrons. The van der Waals surface area contributed by atoms with Crippen molar-refractivity contribution in [1.29, 1.82) is 0 Å². The summed E-state index contributed by atoms with van der Waals surface area (Å²) in [6, 6.07) is 8.30. The highest BCUT2D eigenvalue weighted by molar-refractivity contribution is 5.94. The minimum Gasteiger partial charge on any atom is -0.368 e. The third-order valence-corrected chi connectivity index (χ3v) is 3.07. The molecule has 3 rings (SSSR count). The van der Waals surface area contributed by atoms with Gasteiger partial charge in [0.1, 0.15) is 0 Å². The average Bonchev–Trinajstić information content (AvgIpc) is 2.82. The number of amides is 1. The second-order valence-corrected chi connectivity index (χ2v) is 4.06. The lowest BCUT2D eigenvalue weighted by Gasteiger charge is -2.22. The number of benzene rings is 1. The number of primary amides is 1. The van der Waals surface area contributed by atoms with Crippen LogP contribution in [0.4, 0.5) is 5.69 Å². The Morgan fingerprint density at radius 1 is 1.38 bits per heavy atom. The fourth-order valence-electron chi connectivity index (χ4n) is 2.46. The number of anilines is 1. The van der Waals surface area contributed by atoms with E-state index in [9.17, 15) is 4.79 Å². The topological polar surface area (TPSA) is 46.3 Å². The van der Waals surface area contributed by atoms with Crippen LogP contribution in [0.25, 0.3) is 5.57 Å². The second-order valence-electron chi connectivity index (χ2n) is 4.06. The van der Waals surface area contributed by atoms with Gasteiger partial charge < -0.3 is 10.6 Å². The number of allylic oxidation sites excluding steroid dienone is 2. The molecule has 0 radical (unpaired) electrons. The summed E-state index contributed by atoms with van der Waals surface area (Å²) in [7, 11) is 0. The molecule has 1 aliphatic heterocycles. The van der Waals surface area contributed by atoms with E-state index in [4.69, 9.17) is 5.73 Å². The fourth-order valence-corrected chi connectivity index (χ4v) is 2.46. The minimum absolute atomic E-state index is 0.185. The van der Waals surface area contributed by atoms with Crippen molar-refractivity contribution in [3.63, 3.8) is 0 Å². The van der Waals surface area contributed by atoms with Gasteiger partial charge in [-0.05, 0) is 11.6 Å². The zero-order valence-electron chi connectivity index (χ0n) is 8.76. The van der Waals surface area contributed by atoms with Crippen molar-refractivity contribution in [3.8, 4) is 0 Å². The molecule has 1 aliphatic carbocycles. The molecular formula is C13H12N2O. The van der Waals surface area contributed by atoms with Crippen LogP contribution < -0.4 is 10.6 Å². The van der Waals surface area contributed by atoms with Crippen molar-refractivity contribution in [3.05, 3.63) is 48.1 Å². The zero-order chi connectivity index (χ0) is 11.1. The van der Waals surface area contributed by atoms with Gasteiger partial charge in [-0.25, -0.2) is 0 Å². The number of rotatable bonds is 2. The maximum atomic E-state index is 11.1. The highest BCUT2D eigenvalue weighted by atomic mass is 16.1. The summed E-state index contributed by atoms with van der Waals surface area (Å²) in [5.74, 6) is -0.295. The molecule has 1 amide bonds. The van der Waals surface area contributed by atoms with Crippen LogP contribution in [0.15, 0.2) is 42.5 Å². The van der Waals surface area contributed by atoms with Crippen LogP contribution in [0.3, 0.4) is 0 Å². The summed E-state index contributed by atoms with van der Waals surface area (Å²) in [6.07, 6.45) is 6.23. The third kappa shape index (κ3) is 1.18. The first-order valence-corrected chi connectivity index (χ1v) is 5.30. The lowest BCUT2D eigenvalue weighted by atomic mass is 10.1. The molecule has 3 heteroatoms. The zero-order valence-corrected chi connectivity index (χ0v) is 8.76. The molecule has 2 aliphatic rings. The number of para-hydroxylation sites is 1. The smallest absolute Gasteiger partial charge is 0.236 e. The molecule has 0 aromatic heterocycles. The van der Waals surface area contributed by atoms with E-state index in [0.29, 0.717) is 0 Å². The molecule has 1 unspecified atom stereocenters. The Labute approximate surface area is 93.9 Å². The predicted octanol–water partition coefficient (Wildman–Crippen LogP) is 1.31. The van der Waals surface area contributed by atoms with Gasteiger partial charge in [-0.3, -0.25) is 4.79 Å². The van der Waals surface area contributed by atoms with Gasteiger partial charge in [-0.1, -0.05) is 36.4 Å². The van der Waals surface area contributed by atoms with Crippen LogP contribution in [0, 0.1) is 0 Å². The summed E-state index contributed by atoms with van der Waals surface area (Å²) in [5, 5.41) is 0. The molecule has 0 saturated heterocycles. The molecule has 16 heavy (non-hydrogen) atoms. The third-order valence-electron chi connectivity index (χ3n) is 3.07. The summed E-state index contributed by atoms with van der Waals surface area (Å²) >= 11 is 0. The maximum absolute atomic E-state index is 11.1. The standard InChI is InChI=1S/C13H12N2O/c14-13(16)8-15-11-6-2-1-4-9(11)10-5-3-7-12(10)15/h1-7,12H,8H2,(H2,14,16). The first-order chi connectivity index (χ1) is 7.77. The molecule has 0 saturated carbocycles. The van der Waals surface area contributed by atoms with Gasteiger partial charge in [0.15, 0.2) is 0 Å². The summed E-state index contributed by atoms with van der Waals surface area (Å²) in [5.41, 5.74) is 8.86. The van der Waals surface area contributed by atoms with E-state index in [1.165, 1.54) is 11.1 Å². The van der Waals surface area contributed by atoms with E-state index in [1.54, 1.807) is 0 Å². The van der Waals surface area contributed by atoms with Gasteiger partial charge in [-0.2, -0.15) is 0 Å². The molecule has 0 bridgehead atoms. The Hall–Kier alpha value is -2.03. The minimum atomic E-state index is -0.295. The largest absolute Gasteiger partial charge is 0.368 e. The van der Waals surface area contributed by atoms with Crippen LogP contribution in [-0.4, -0.2) is 18.5 Å². The Kier molecular flexibility index (Phi) is 1.86. The van der Waals surface area contributed by atoms with E-state index < -0.39 is 0 Å². The van der Waals surface area contributed by atoms with Crippen molar-refractivity contribution in [2.45, 2.75) is 6.04 Å². The van der Waals surface area contributed by atoms with Crippen molar-refractivity contribution in [1.82, 2.24) is 0 Å². The molecule has 1 heterocycles. The quantitative estimate of drug-likeness (QED) is 0.803. The monoisotopic (exact) mass is 212 g/mol. The van der Waals surface area contributed by atoms with Gasteiger partial charge in [0, 0.05) is 11.3 Å². The van der Waals surface area contributed by atoms with Gasteiger partial charge >= 0.3 is 0 Å². The average molecular weight is 212 g/mol.